The number of thiazole rings is 2. The lowest BCUT2D eigenvalue weighted by Gasteiger charge is -2.28. The number of hydrogen-bond acceptors (Lipinski definition) is 8. The molecular weight excluding hydrogens is 591 g/mol. The van der Waals surface area contributed by atoms with E-state index in [0.29, 0.717) is 19.0 Å². The van der Waals surface area contributed by atoms with Crippen LogP contribution in [0.5, 0.6) is 0 Å². The summed E-state index contributed by atoms with van der Waals surface area (Å²) in [4.78, 5) is 39.1. The van der Waals surface area contributed by atoms with Crippen LogP contribution in [0.4, 0.5) is 4.79 Å². The molecule has 8 nitrogen and oxygen atoms in total. The summed E-state index contributed by atoms with van der Waals surface area (Å²) in [6.07, 6.45) is 9.90. The van der Waals surface area contributed by atoms with Crippen LogP contribution in [0.25, 0.3) is 32.0 Å². The fourth-order valence-electron chi connectivity index (χ4n) is 6.06. The Kier molecular flexibility index (Phi) is 9.69. The molecular formula is C34H39N5O3S2. The van der Waals surface area contributed by atoms with Gasteiger partial charge in [0.1, 0.15) is 16.1 Å². The average Bonchev–Trinajstić information content (AvgIpc) is 3.89. The normalized spacial score (nSPS) is 18.8. The van der Waals surface area contributed by atoms with Crippen molar-refractivity contribution >= 4 is 34.7 Å². The van der Waals surface area contributed by atoms with Crippen LogP contribution in [-0.4, -0.2) is 53.1 Å². The highest BCUT2D eigenvalue weighted by molar-refractivity contribution is 7.15. The zero-order valence-corrected chi connectivity index (χ0v) is 26.9. The Morgan fingerprint density at radius 1 is 0.932 bits per heavy atom. The van der Waals surface area contributed by atoms with Gasteiger partial charge in [0.15, 0.2) is 0 Å². The second-order valence-electron chi connectivity index (χ2n) is 11.4. The Morgan fingerprint density at radius 3 is 2.14 bits per heavy atom. The van der Waals surface area contributed by atoms with Gasteiger partial charge < -0.3 is 20.3 Å². The molecule has 4 aromatic rings. The summed E-state index contributed by atoms with van der Waals surface area (Å²) >= 11 is 3.42. The first-order chi connectivity index (χ1) is 21.5. The van der Waals surface area contributed by atoms with Crippen LogP contribution in [0, 0.1) is 0 Å². The van der Waals surface area contributed by atoms with Gasteiger partial charge in [0.05, 0.1) is 28.9 Å². The minimum absolute atomic E-state index is 0.0555. The summed E-state index contributed by atoms with van der Waals surface area (Å²) < 4.78 is 4.78. The van der Waals surface area contributed by atoms with Gasteiger partial charge in [-0.15, -0.1) is 22.7 Å². The summed E-state index contributed by atoms with van der Waals surface area (Å²) in [5.41, 5.74) is 4.64. The quantitative estimate of drug-likeness (QED) is 0.188. The molecule has 0 saturated carbocycles. The number of hydrogen-bond donors (Lipinski definition) is 2. The first kappa shape index (κ1) is 30.4. The number of amides is 2. The van der Waals surface area contributed by atoms with Crippen LogP contribution < -0.4 is 10.6 Å². The second kappa shape index (κ2) is 14.0. The SMILES string of the molecule is CCCC[C@H](NC(=O)OC)C(=O)N1CCC[C@H]1c1ncc(-c2ccc(-c3ccc(-c4cnc([C@@H]5CCCN5)s4)cc3)cc2)s1. The third-order valence-corrected chi connectivity index (χ3v) is 10.8. The van der Waals surface area contributed by atoms with E-state index in [-0.39, 0.29) is 11.9 Å². The van der Waals surface area contributed by atoms with Gasteiger partial charge >= 0.3 is 6.09 Å². The van der Waals surface area contributed by atoms with Crippen molar-refractivity contribution in [2.45, 2.75) is 70.0 Å². The summed E-state index contributed by atoms with van der Waals surface area (Å²) in [6, 6.07) is 17.1. The molecule has 0 bridgehead atoms. The van der Waals surface area contributed by atoms with Gasteiger partial charge in [-0.1, -0.05) is 68.3 Å². The molecule has 2 aliphatic rings. The van der Waals surface area contributed by atoms with E-state index in [1.807, 2.05) is 17.3 Å². The third kappa shape index (κ3) is 6.72. The molecule has 0 unspecified atom stereocenters. The van der Waals surface area contributed by atoms with E-state index < -0.39 is 12.1 Å². The van der Waals surface area contributed by atoms with E-state index in [9.17, 15) is 9.59 Å². The fraction of sp³-hybridized carbons (Fsp3) is 0.412. The smallest absolute Gasteiger partial charge is 0.407 e. The van der Waals surface area contributed by atoms with Crippen molar-refractivity contribution < 1.29 is 14.3 Å². The van der Waals surface area contributed by atoms with E-state index in [1.165, 1.54) is 41.0 Å². The van der Waals surface area contributed by atoms with E-state index in [4.69, 9.17) is 9.72 Å². The largest absolute Gasteiger partial charge is 0.453 e. The van der Waals surface area contributed by atoms with Crippen molar-refractivity contribution in [1.29, 1.82) is 0 Å². The molecule has 0 radical (unpaired) electrons. The minimum Gasteiger partial charge on any atom is -0.453 e. The Bertz CT molecular complexity index is 1560. The highest BCUT2D eigenvalue weighted by Crippen LogP contribution is 2.38. The first-order valence-corrected chi connectivity index (χ1v) is 17.2. The molecule has 10 heteroatoms. The topological polar surface area (TPSA) is 96.5 Å². The summed E-state index contributed by atoms with van der Waals surface area (Å²) in [5, 5.41) is 8.41. The number of aromatic nitrogens is 2. The van der Waals surface area contributed by atoms with E-state index in [0.717, 1.165) is 53.2 Å². The molecule has 2 aliphatic heterocycles. The lowest BCUT2D eigenvalue weighted by molar-refractivity contribution is -0.134. The zero-order valence-electron chi connectivity index (χ0n) is 25.3. The van der Waals surface area contributed by atoms with Gasteiger partial charge in [-0.05, 0) is 60.9 Å². The number of carbonyl (C=O) groups is 2. The zero-order chi connectivity index (χ0) is 30.5. The monoisotopic (exact) mass is 629 g/mol. The van der Waals surface area contributed by atoms with Gasteiger partial charge in [-0.25, -0.2) is 14.8 Å². The minimum atomic E-state index is -0.585. The number of carbonyl (C=O) groups excluding carboxylic acids is 2. The van der Waals surface area contributed by atoms with Crippen LogP contribution >= 0.6 is 22.7 Å². The standard InChI is InChI=1S/C34H39N5O3S2/c1-3-4-7-27(38-34(41)42-2)33(40)39-19-6-9-28(39)32-37-21-30(44-32)25-16-12-23(13-17-25)22-10-14-24(15-11-22)29-20-36-31(43-29)26-8-5-18-35-26/h10-17,20-21,26-28,35H,3-9,18-19H2,1-2H3,(H,38,41)/t26-,27-,28-/m0/s1. The van der Waals surface area contributed by atoms with Crippen molar-refractivity contribution in [2.24, 2.45) is 0 Å². The number of nitrogens with one attached hydrogen (secondary N) is 2. The van der Waals surface area contributed by atoms with Gasteiger partial charge in [-0.2, -0.15) is 0 Å². The average molecular weight is 630 g/mol. The van der Waals surface area contributed by atoms with Gasteiger partial charge in [0.25, 0.3) is 0 Å². The molecule has 2 saturated heterocycles. The maximum atomic E-state index is 13.5. The van der Waals surface area contributed by atoms with Crippen LogP contribution in [-0.2, 0) is 9.53 Å². The Morgan fingerprint density at radius 2 is 1.55 bits per heavy atom. The second-order valence-corrected chi connectivity index (χ2v) is 13.6. The van der Waals surface area contributed by atoms with E-state index in [1.54, 1.807) is 22.7 Å². The van der Waals surface area contributed by atoms with Crippen LogP contribution in [0.1, 0.15) is 74.0 Å². The molecule has 230 valence electrons. The Labute approximate surface area is 266 Å². The van der Waals surface area contributed by atoms with Crippen molar-refractivity contribution in [1.82, 2.24) is 25.5 Å². The molecule has 0 spiro atoms. The first-order valence-electron chi connectivity index (χ1n) is 15.5. The molecule has 2 amide bonds. The van der Waals surface area contributed by atoms with Crippen LogP contribution in [0.15, 0.2) is 60.9 Å². The molecule has 44 heavy (non-hydrogen) atoms. The highest BCUT2D eigenvalue weighted by Gasteiger charge is 2.36. The molecule has 2 aromatic carbocycles. The number of rotatable bonds is 10. The predicted molar refractivity (Wildman–Crippen MR) is 177 cm³/mol. The number of alkyl carbamates (subject to hydrolysis) is 1. The maximum absolute atomic E-state index is 13.5. The lowest BCUT2D eigenvalue weighted by atomic mass is 10.0. The number of benzene rings is 2. The number of ether oxygens (including phenoxy) is 1. The maximum Gasteiger partial charge on any atom is 0.407 e. The van der Waals surface area contributed by atoms with Crippen molar-refractivity contribution in [3.63, 3.8) is 0 Å². The molecule has 4 heterocycles. The molecule has 2 fully saturated rings. The summed E-state index contributed by atoms with van der Waals surface area (Å²) in [6.45, 7) is 3.82. The molecule has 6 rings (SSSR count). The Hall–Kier alpha value is -3.60. The van der Waals surface area contributed by atoms with E-state index in [2.05, 4.69) is 71.1 Å². The Balaban J connectivity index is 1.12. The van der Waals surface area contributed by atoms with Gasteiger partial charge in [0.2, 0.25) is 5.91 Å². The number of likely N-dealkylation sites (tertiary alicyclic amines) is 1. The van der Waals surface area contributed by atoms with Crippen molar-refractivity contribution in [3.8, 4) is 32.0 Å². The fourth-order valence-corrected chi connectivity index (χ4v) is 8.17. The number of unbranched alkanes of at least 4 members (excludes halogenated alkanes) is 1. The molecule has 0 aliphatic carbocycles. The highest BCUT2D eigenvalue weighted by atomic mass is 32.1. The summed E-state index contributed by atoms with van der Waals surface area (Å²) in [7, 11) is 1.32. The van der Waals surface area contributed by atoms with Gasteiger partial charge in [0, 0.05) is 18.9 Å². The number of nitrogens with zero attached hydrogens (tertiary/aromatic N) is 3. The van der Waals surface area contributed by atoms with Crippen molar-refractivity contribution in [3.05, 3.63) is 70.9 Å². The molecule has 2 N–H and O–H groups in total. The molecule has 3 atom stereocenters. The third-order valence-electron chi connectivity index (χ3n) is 8.52. The predicted octanol–water partition coefficient (Wildman–Crippen LogP) is 7.60. The summed E-state index contributed by atoms with van der Waals surface area (Å²) in [5.74, 6) is -0.0555. The van der Waals surface area contributed by atoms with Crippen LogP contribution in [0.2, 0.25) is 0 Å². The van der Waals surface area contributed by atoms with Gasteiger partial charge in [-0.3, -0.25) is 4.79 Å². The van der Waals surface area contributed by atoms with Crippen LogP contribution in [0.3, 0.4) is 0 Å². The van der Waals surface area contributed by atoms with Crippen molar-refractivity contribution in [2.75, 3.05) is 20.2 Å². The van der Waals surface area contributed by atoms with E-state index >= 15 is 0 Å². The lowest BCUT2D eigenvalue weighted by Crippen LogP contribution is -2.48. The number of methoxy groups -OCH3 is 1. The molecule has 2 aromatic heterocycles.